The molecule has 0 aliphatic heterocycles. The zero-order chi connectivity index (χ0) is 10.3. The second kappa shape index (κ2) is 4.44. The van der Waals surface area contributed by atoms with Crippen LogP contribution in [0.25, 0.3) is 21.5 Å². The summed E-state index contributed by atoms with van der Waals surface area (Å²) >= 11 is 0. The maximum absolute atomic E-state index is 4.18. The van der Waals surface area contributed by atoms with Crippen molar-refractivity contribution in [2.75, 3.05) is 0 Å². The van der Waals surface area contributed by atoms with Crippen LogP contribution in [0.15, 0.2) is 54.6 Å². The third kappa shape index (κ3) is 1.70. The standard InChI is InChI=1S/C15H11.Mg.2H/c1-11-14-8-4-2-6-12(14)10-13-7-3-5-9-15(11)13;;;/h2-10H,1H2;;;. The Bertz CT molecular complexity index is 587. The van der Waals surface area contributed by atoms with Gasteiger partial charge in [0.1, 0.15) is 0 Å². The van der Waals surface area contributed by atoms with E-state index in [2.05, 4.69) is 61.5 Å². The average Bonchev–Trinajstić information content (AvgIpc) is 2.30. The molecule has 0 heterocycles. The van der Waals surface area contributed by atoms with Gasteiger partial charge in [-0.15, -0.1) is 0 Å². The molecule has 0 N–H and O–H groups in total. The van der Waals surface area contributed by atoms with Crippen LogP contribution >= 0.6 is 0 Å². The quantitative estimate of drug-likeness (QED) is 0.401. The molecule has 3 rings (SSSR count). The normalized spacial score (nSPS) is 10.3. The summed E-state index contributed by atoms with van der Waals surface area (Å²) in [6.07, 6.45) is 0. The summed E-state index contributed by atoms with van der Waals surface area (Å²) in [5, 5.41) is 5.02. The molecule has 16 heavy (non-hydrogen) atoms. The van der Waals surface area contributed by atoms with Crippen LogP contribution in [-0.2, 0) is 0 Å². The Morgan fingerprint density at radius 2 is 1.12 bits per heavy atom. The van der Waals surface area contributed by atoms with Crippen molar-refractivity contribution in [3.63, 3.8) is 0 Å². The molecule has 0 aliphatic rings. The van der Waals surface area contributed by atoms with Crippen LogP contribution in [0.3, 0.4) is 0 Å². The number of fused-ring (bicyclic) bond motifs is 2. The lowest BCUT2D eigenvalue weighted by Gasteiger charge is -2.06. The van der Waals surface area contributed by atoms with Gasteiger partial charge in [-0.25, -0.2) is 0 Å². The summed E-state index contributed by atoms with van der Waals surface area (Å²) in [7, 11) is 0. The SMILES string of the molecule is [CH2]c1c2ccccc2cc2ccccc12.[MgH2]. The van der Waals surface area contributed by atoms with Crippen LogP contribution in [0, 0.1) is 6.92 Å². The largest absolute Gasteiger partial charge is 0.316 e. The van der Waals surface area contributed by atoms with Crippen molar-refractivity contribution >= 4 is 44.6 Å². The molecule has 0 aromatic heterocycles. The minimum atomic E-state index is 0. The summed E-state index contributed by atoms with van der Waals surface area (Å²) < 4.78 is 0. The first-order valence-electron chi connectivity index (χ1n) is 5.09. The summed E-state index contributed by atoms with van der Waals surface area (Å²) in [5.74, 6) is 0. The van der Waals surface area contributed by atoms with Gasteiger partial charge in [-0.2, -0.15) is 0 Å². The minimum absolute atomic E-state index is 0. The zero-order valence-corrected chi connectivity index (χ0v) is 8.40. The van der Waals surface area contributed by atoms with Gasteiger partial charge in [0.05, 0.1) is 0 Å². The monoisotopic (exact) mass is 217 g/mol. The highest BCUT2D eigenvalue weighted by atomic mass is 24.3. The molecule has 0 bridgehead atoms. The van der Waals surface area contributed by atoms with Crippen LogP contribution in [0.4, 0.5) is 0 Å². The lowest BCUT2D eigenvalue weighted by atomic mass is 9.98. The van der Waals surface area contributed by atoms with E-state index in [-0.39, 0.29) is 23.1 Å². The molecule has 0 spiro atoms. The summed E-state index contributed by atoms with van der Waals surface area (Å²) in [5.41, 5.74) is 1.13. The van der Waals surface area contributed by atoms with E-state index >= 15 is 0 Å². The van der Waals surface area contributed by atoms with Gasteiger partial charge in [-0.05, 0) is 40.1 Å². The molecular weight excluding hydrogens is 204 g/mol. The lowest BCUT2D eigenvalue weighted by molar-refractivity contribution is 1.71. The van der Waals surface area contributed by atoms with E-state index in [1.165, 1.54) is 21.5 Å². The lowest BCUT2D eigenvalue weighted by Crippen LogP contribution is -1.81. The van der Waals surface area contributed by atoms with E-state index in [1.807, 2.05) is 0 Å². The first-order valence-corrected chi connectivity index (χ1v) is 5.09. The van der Waals surface area contributed by atoms with E-state index in [1.54, 1.807) is 0 Å². The maximum atomic E-state index is 4.18. The Kier molecular flexibility index (Phi) is 3.17. The van der Waals surface area contributed by atoms with E-state index < -0.39 is 0 Å². The predicted octanol–water partition coefficient (Wildman–Crippen LogP) is 3.26. The van der Waals surface area contributed by atoms with Crippen LogP contribution in [0.1, 0.15) is 5.56 Å². The fraction of sp³-hybridized carbons (Fsp3) is 0. The first-order chi connectivity index (χ1) is 7.36. The molecule has 0 amide bonds. The van der Waals surface area contributed by atoms with Gasteiger partial charge in [0, 0.05) is 0 Å². The van der Waals surface area contributed by atoms with Crippen molar-refractivity contribution in [2.45, 2.75) is 0 Å². The molecule has 75 valence electrons. The molecule has 0 atom stereocenters. The molecule has 0 nitrogen and oxygen atoms in total. The molecule has 1 heteroatoms. The fourth-order valence-corrected chi connectivity index (χ4v) is 2.11. The Morgan fingerprint density at radius 3 is 1.62 bits per heavy atom. The molecule has 0 unspecified atom stereocenters. The highest BCUT2D eigenvalue weighted by molar-refractivity contribution is 6.02. The molecule has 0 fully saturated rings. The number of hydrogen-bond acceptors (Lipinski definition) is 0. The van der Waals surface area contributed by atoms with E-state index in [0.29, 0.717) is 0 Å². The van der Waals surface area contributed by atoms with E-state index in [9.17, 15) is 0 Å². The maximum Gasteiger partial charge on any atom is 0.316 e. The number of hydrogen-bond donors (Lipinski definition) is 0. The van der Waals surface area contributed by atoms with Crippen molar-refractivity contribution in [3.8, 4) is 0 Å². The Hall–Kier alpha value is -1.05. The highest BCUT2D eigenvalue weighted by Gasteiger charge is 2.01. The second-order valence-corrected chi connectivity index (χ2v) is 3.80. The summed E-state index contributed by atoms with van der Waals surface area (Å²) in [6, 6.07) is 19.0. The fourth-order valence-electron chi connectivity index (χ4n) is 2.11. The summed E-state index contributed by atoms with van der Waals surface area (Å²) in [4.78, 5) is 0. The van der Waals surface area contributed by atoms with Gasteiger partial charge < -0.3 is 0 Å². The minimum Gasteiger partial charge on any atom is -0.0616 e. The molecule has 0 saturated heterocycles. The van der Waals surface area contributed by atoms with Gasteiger partial charge in [0.2, 0.25) is 0 Å². The van der Waals surface area contributed by atoms with Gasteiger partial charge in [-0.3, -0.25) is 0 Å². The molecule has 1 radical (unpaired) electrons. The van der Waals surface area contributed by atoms with Crippen molar-refractivity contribution in [1.29, 1.82) is 0 Å². The molecular formula is C15H13Mg. The van der Waals surface area contributed by atoms with Crippen molar-refractivity contribution < 1.29 is 0 Å². The highest BCUT2D eigenvalue weighted by Crippen LogP contribution is 2.27. The molecule has 3 aromatic carbocycles. The molecule has 0 saturated carbocycles. The van der Waals surface area contributed by atoms with Gasteiger partial charge >= 0.3 is 23.1 Å². The predicted molar refractivity (Wildman–Crippen MR) is 74.5 cm³/mol. The van der Waals surface area contributed by atoms with Crippen molar-refractivity contribution in [2.24, 2.45) is 0 Å². The smallest absolute Gasteiger partial charge is 0.0616 e. The third-order valence-electron chi connectivity index (χ3n) is 2.88. The Labute approximate surface area is 111 Å². The summed E-state index contributed by atoms with van der Waals surface area (Å²) in [6.45, 7) is 4.18. The number of benzene rings is 3. The van der Waals surface area contributed by atoms with Crippen LogP contribution in [0.2, 0.25) is 0 Å². The van der Waals surface area contributed by atoms with Gasteiger partial charge in [-0.1, -0.05) is 48.5 Å². The molecule has 0 aliphatic carbocycles. The Balaban J connectivity index is 0.000000963. The number of rotatable bonds is 0. The topological polar surface area (TPSA) is 0 Å². The first kappa shape index (κ1) is 11.4. The third-order valence-corrected chi connectivity index (χ3v) is 2.88. The molecule has 3 aromatic rings. The zero-order valence-electron chi connectivity index (χ0n) is 8.40. The average molecular weight is 218 g/mol. The van der Waals surface area contributed by atoms with Gasteiger partial charge in [0.25, 0.3) is 0 Å². The van der Waals surface area contributed by atoms with Crippen molar-refractivity contribution in [1.82, 2.24) is 0 Å². The van der Waals surface area contributed by atoms with E-state index in [0.717, 1.165) is 5.56 Å². The van der Waals surface area contributed by atoms with Crippen LogP contribution in [0.5, 0.6) is 0 Å². The second-order valence-electron chi connectivity index (χ2n) is 3.80. The van der Waals surface area contributed by atoms with Crippen LogP contribution in [-0.4, -0.2) is 23.1 Å². The van der Waals surface area contributed by atoms with Gasteiger partial charge in [0.15, 0.2) is 0 Å². The van der Waals surface area contributed by atoms with Crippen molar-refractivity contribution in [3.05, 3.63) is 67.1 Å². The van der Waals surface area contributed by atoms with Crippen LogP contribution < -0.4 is 0 Å². The van der Waals surface area contributed by atoms with E-state index in [4.69, 9.17) is 0 Å². The Morgan fingerprint density at radius 1 is 0.688 bits per heavy atom.